The largest absolute Gasteiger partial charge is 0.356 e. The third-order valence-electron chi connectivity index (χ3n) is 4.05. The Labute approximate surface area is 168 Å². The Kier molecular flexibility index (Phi) is 8.31. The number of nitrogens with one attached hydrogen (secondary N) is 4. The minimum absolute atomic E-state index is 0.0747. The lowest BCUT2D eigenvalue weighted by Crippen LogP contribution is -2.46. The third-order valence-corrected chi connectivity index (χ3v) is 5.26. The zero-order valence-corrected chi connectivity index (χ0v) is 17.2. The zero-order chi connectivity index (χ0) is 20.5. The van der Waals surface area contributed by atoms with Gasteiger partial charge in [-0.2, -0.15) is 0 Å². The zero-order valence-electron chi connectivity index (χ0n) is 16.4. The summed E-state index contributed by atoms with van der Waals surface area (Å²) in [4.78, 5) is 45.3. The number of aromatic amines is 1. The summed E-state index contributed by atoms with van der Waals surface area (Å²) in [5.74, 6) is -1.71. The number of aromatic nitrogens is 2. The van der Waals surface area contributed by atoms with Crippen LogP contribution in [-0.2, 0) is 14.4 Å². The van der Waals surface area contributed by atoms with Crippen molar-refractivity contribution in [3.05, 3.63) is 24.3 Å². The van der Waals surface area contributed by atoms with Gasteiger partial charge in [-0.15, -0.1) is 0 Å². The standard InChI is InChI=1S/C19H27N5O3S/c1-4-20-15(25)11-12(17(26)21-5-2)16(18(27)22-6-3)28-19-23-13-9-7-8-10-14(13)24-19/h7-10,12,16H,4-6,11H2,1-3H3,(H,20,25)(H,21,26)(H,22,27)(H,23,24). The van der Waals surface area contributed by atoms with E-state index in [2.05, 4.69) is 25.9 Å². The fourth-order valence-electron chi connectivity index (χ4n) is 2.81. The normalized spacial score (nSPS) is 13.0. The maximum atomic E-state index is 12.8. The summed E-state index contributed by atoms with van der Waals surface area (Å²) in [5.41, 5.74) is 1.62. The number of hydrogen-bond acceptors (Lipinski definition) is 5. The van der Waals surface area contributed by atoms with Gasteiger partial charge in [0, 0.05) is 26.1 Å². The highest BCUT2D eigenvalue weighted by atomic mass is 32.2. The van der Waals surface area contributed by atoms with Crippen LogP contribution >= 0.6 is 11.8 Å². The number of carbonyl (C=O) groups excluding carboxylic acids is 3. The van der Waals surface area contributed by atoms with E-state index in [1.165, 1.54) is 11.8 Å². The summed E-state index contributed by atoms with van der Waals surface area (Å²) in [5, 5.41) is 7.94. The highest BCUT2D eigenvalue weighted by Crippen LogP contribution is 2.30. The Morgan fingerprint density at radius 2 is 1.64 bits per heavy atom. The average Bonchev–Trinajstić information content (AvgIpc) is 3.07. The van der Waals surface area contributed by atoms with Gasteiger partial charge in [0.05, 0.1) is 17.0 Å². The molecule has 2 atom stereocenters. The first-order valence-electron chi connectivity index (χ1n) is 9.43. The fourth-order valence-corrected chi connectivity index (χ4v) is 3.95. The molecule has 1 aromatic heterocycles. The van der Waals surface area contributed by atoms with Crippen molar-refractivity contribution < 1.29 is 14.4 Å². The quantitative estimate of drug-likeness (QED) is 0.446. The van der Waals surface area contributed by atoms with Gasteiger partial charge < -0.3 is 20.9 Å². The molecule has 0 aliphatic rings. The van der Waals surface area contributed by atoms with Crippen LogP contribution in [0, 0.1) is 5.92 Å². The number of benzene rings is 1. The molecule has 28 heavy (non-hydrogen) atoms. The second-order valence-electron chi connectivity index (χ2n) is 6.15. The lowest BCUT2D eigenvalue weighted by atomic mass is 9.98. The molecule has 1 heterocycles. The number of amides is 3. The molecule has 2 rings (SSSR count). The minimum Gasteiger partial charge on any atom is -0.356 e. The molecule has 152 valence electrons. The summed E-state index contributed by atoms with van der Waals surface area (Å²) in [6.07, 6.45) is -0.0747. The number of hydrogen-bond donors (Lipinski definition) is 4. The molecule has 0 saturated carbocycles. The van der Waals surface area contributed by atoms with Gasteiger partial charge in [0.2, 0.25) is 17.7 Å². The van der Waals surface area contributed by atoms with Crippen LogP contribution in [0.5, 0.6) is 0 Å². The van der Waals surface area contributed by atoms with Gasteiger partial charge in [0.25, 0.3) is 0 Å². The van der Waals surface area contributed by atoms with Crippen LogP contribution in [0.15, 0.2) is 29.4 Å². The van der Waals surface area contributed by atoms with Crippen LogP contribution in [0.3, 0.4) is 0 Å². The van der Waals surface area contributed by atoms with Crippen LogP contribution in [0.2, 0.25) is 0 Å². The van der Waals surface area contributed by atoms with E-state index in [1.807, 2.05) is 38.1 Å². The molecule has 0 bridgehead atoms. The molecule has 1 aromatic carbocycles. The second-order valence-corrected chi connectivity index (χ2v) is 7.28. The van der Waals surface area contributed by atoms with Crippen molar-refractivity contribution in [2.24, 2.45) is 5.92 Å². The Bertz CT molecular complexity index is 790. The summed E-state index contributed by atoms with van der Waals surface area (Å²) in [7, 11) is 0. The molecule has 4 N–H and O–H groups in total. The van der Waals surface area contributed by atoms with Gasteiger partial charge in [-0.3, -0.25) is 14.4 Å². The molecule has 0 spiro atoms. The second kappa shape index (κ2) is 10.7. The van der Waals surface area contributed by atoms with Crippen LogP contribution in [0.4, 0.5) is 0 Å². The van der Waals surface area contributed by atoms with Gasteiger partial charge in [0.15, 0.2) is 5.16 Å². The van der Waals surface area contributed by atoms with Crippen LogP contribution in [0.25, 0.3) is 11.0 Å². The summed E-state index contributed by atoms with van der Waals surface area (Å²) < 4.78 is 0. The van der Waals surface area contributed by atoms with E-state index in [4.69, 9.17) is 0 Å². The number of thioether (sulfide) groups is 1. The Morgan fingerprint density at radius 3 is 2.29 bits per heavy atom. The predicted octanol–water partition coefficient (Wildman–Crippen LogP) is 1.44. The molecular formula is C19H27N5O3S. The Balaban J connectivity index is 2.33. The van der Waals surface area contributed by atoms with E-state index in [1.54, 1.807) is 6.92 Å². The van der Waals surface area contributed by atoms with E-state index in [-0.39, 0.29) is 24.1 Å². The number of imidazole rings is 1. The summed E-state index contributed by atoms with van der Waals surface area (Å²) in [6.45, 7) is 6.73. The molecule has 0 fully saturated rings. The van der Waals surface area contributed by atoms with Crippen molar-refractivity contribution >= 4 is 40.5 Å². The molecule has 2 aromatic rings. The molecular weight excluding hydrogens is 378 g/mol. The van der Waals surface area contributed by atoms with Crippen molar-refractivity contribution in [2.45, 2.75) is 37.6 Å². The first kappa shape index (κ1) is 21.7. The first-order valence-corrected chi connectivity index (χ1v) is 10.3. The molecule has 0 aliphatic carbocycles. The van der Waals surface area contributed by atoms with Crippen molar-refractivity contribution in [1.82, 2.24) is 25.9 Å². The average molecular weight is 406 g/mol. The van der Waals surface area contributed by atoms with E-state index < -0.39 is 11.2 Å². The van der Waals surface area contributed by atoms with Crippen molar-refractivity contribution in [3.8, 4) is 0 Å². The number of H-pyrrole nitrogens is 1. The molecule has 0 radical (unpaired) electrons. The maximum absolute atomic E-state index is 12.8. The number of para-hydroxylation sites is 2. The Hall–Kier alpha value is -2.55. The van der Waals surface area contributed by atoms with Crippen LogP contribution < -0.4 is 16.0 Å². The maximum Gasteiger partial charge on any atom is 0.234 e. The van der Waals surface area contributed by atoms with E-state index in [0.29, 0.717) is 24.8 Å². The van der Waals surface area contributed by atoms with Gasteiger partial charge in [-0.05, 0) is 32.9 Å². The number of carbonyl (C=O) groups is 3. The molecule has 2 unspecified atom stereocenters. The number of rotatable bonds is 10. The Morgan fingerprint density at radius 1 is 1.00 bits per heavy atom. The van der Waals surface area contributed by atoms with Crippen molar-refractivity contribution in [1.29, 1.82) is 0 Å². The molecule has 9 heteroatoms. The predicted molar refractivity (Wildman–Crippen MR) is 110 cm³/mol. The smallest absolute Gasteiger partial charge is 0.234 e. The van der Waals surface area contributed by atoms with Crippen LogP contribution in [0.1, 0.15) is 27.2 Å². The summed E-state index contributed by atoms with van der Waals surface area (Å²) >= 11 is 1.17. The lowest BCUT2D eigenvalue weighted by molar-refractivity contribution is -0.133. The van der Waals surface area contributed by atoms with Gasteiger partial charge in [0.1, 0.15) is 5.25 Å². The molecule has 0 saturated heterocycles. The van der Waals surface area contributed by atoms with Crippen molar-refractivity contribution in [2.75, 3.05) is 19.6 Å². The topological polar surface area (TPSA) is 116 Å². The molecule has 8 nitrogen and oxygen atoms in total. The molecule has 3 amide bonds. The minimum atomic E-state index is -0.823. The third kappa shape index (κ3) is 5.72. The van der Waals surface area contributed by atoms with Crippen molar-refractivity contribution in [3.63, 3.8) is 0 Å². The SMILES string of the molecule is CCNC(=O)CC(C(=O)NCC)C(Sc1nc2ccccc2[nH]1)C(=O)NCC. The first-order chi connectivity index (χ1) is 13.5. The lowest BCUT2D eigenvalue weighted by Gasteiger charge is -2.24. The summed E-state index contributed by atoms with van der Waals surface area (Å²) in [6, 6.07) is 7.53. The van der Waals surface area contributed by atoms with Crippen LogP contribution in [-0.4, -0.2) is 52.6 Å². The van der Waals surface area contributed by atoms with E-state index in [0.717, 1.165) is 11.0 Å². The molecule has 0 aliphatic heterocycles. The fraction of sp³-hybridized carbons (Fsp3) is 0.474. The van der Waals surface area contributed by atoms with E-state index >= 15 is 0 Å². The highest BCUT2D eigenvalue weighted by molar-refractivity contribution is 8.00. The monoisotopic (exact) mass is 405 g/mol. The number of nitrogens with zero attached hydrogens (tertiary/aromatic N) is 1. The highest BCUT2D eigenvalue weighted by Gasteiger charge is 2.36. The van der Waals surface area contributed by atoms with Gasteiger partial charge in [-0.25, -0.2) is 4.98 Å². The van der Waals surface area contributed by atoms with E-state index in [9.17, 15) is 14.4 Å². The van der Waals surface area contributed by atoms with Gasteiger partial charge >= 0.3 is 0 Å². The van der Waals surface area contributed by atoms with Gasteiger partial charge in [-0.1, -0.05) is 23.9 Å². The number of fused-ring (bicyclic) bond motifs is 1.